The summed E-state index contributed by atoms with van der Waals surface area (Å²) in [6.07, 6.45) is 7.33. The molecule has 0 saturated carbocycles. The molecule has 0 spiro atoms. The number of nitrogens with zero attached hydrogens (tertiary/aromatic N) is 2. The van der Waals surface area contributed by atoms with Gasteiger partial charge in [0, 0.05) is 0 Å². The Hall–Kier alpha value is 1.24. The summed E-state index contributed by atoms with van der Waals surface area (Å²) < 4.78 is 0. The quantitative estimate of drug-likeness (QED) is 0.631. The van der Waals surface area contributed by atoms with Crippen molar-refractivity contribution in [3.05, 3.63) is 0 Å². The molecule has 1 rings (SSSR count). The van der Waals surface area contributed by atoms with Crippen LogP contribution in [0.4, 0.5) is 0 Å². The summed E-state index contributed by atoms with van der Waals surface area (Å²) in [5.74, 6) is 7.36. The van der Waals surface area contributed by atoms with Crippen LogP contribution in [0.25, 0.3) is 0 Å². The lowest BCUT2D eigenvalue weighted by molar-refractivity contribution is -0.0518. The molecule has 0 aromatic rings. The molecule has 1 fully saturated rings. The summed E-state index contributed by atoms with van der Waals surface area (Å²) >= 11 is 7.26. The van der Waals surface area contributed by atoms with Crippen LogP contribution in [0.3, 0.4) is 0 Å². The molecular formula is C14H30N2O2S4. The van der Waals surface area contributed by atoms with Crippen molar-refractivity contribution >= 4 is 47.0 Å². The maximum Gasteiger partial charge on any atom is 0.0703 e. The molecule has 0 aliphatic carbocycles. The summed E-state index contributed by atoms with van der Waals surface area (Å²) in [6, 6.07) is 0. The van der Waals surface area contributed by atoms with Gasteiger partial charge in [0.25, 0.3) is 0 Å². The van der Waals surface area contributed by atoms with Gasteiger partial charge in [0.15, 0.2) is 0 Å². The van der Waals surface area contributed by atoms with Crippen molar-refractivity contribution in [1.82, 2.24) is 10.1 Å². The molecule has 0 bridgehead atoms. The van der Waals surface area contributed by atoms with Crippen LogP contribution in [0.1, 0.15) is 38.5 Å². The molecular weight excluding hydrogens is 356 g/mol. The predicted octanol–water partition coefficient (Wildman–Crippen LogP) is 4.49. The smallest absolute Gasteiger partial charge is 0.0703 e. The van der Waals surface area contributed by atoms with Crippen LogP contribution < -0.4 is 0 Å². The van der Waals surface area contributed by atoms with E-state index in [9.17, 15) is 10.4 Å². The zero-order valence-corrected chi connectivity index (χ0v) is 16.6. The number of thioether (sulfide) groups is 4. The molecule has 0 amide bonds. The number of hydrogen-bond donors (Lipinski definition) is 2. The lowest BCUT2D eigenvalue weighted by Crippen LogP contribution is -2.18. The van der Waals surface area contributed by atoms with Crippen LogP contribution in [-0.4, -0.2) is 67.1 Å². The van der Waals surface area contributed by atoms with Crippen molar-refractivity contribution in [2.45, 2.75) is 38.5 Å². The first-order valence-corrected chi connectivity index (χ1v) is 12.6. The zero-order chi connectivity index (χ0) is 15.9. The van der Waals surface area contributed by atoms with Gasteiger partial charge in [-0.15, -0.1) is 47.0 Å². The lowest BCUT2D eigenvalue weighted by Gasteiger charge is -2.15. The van der Waals surface area contributed by atoms with Crippen LogP contribution >= 0.6 is 47.0 Å². The average molecular weight is 387 g/mol. The van der Waals surface area contributed by atoms with Crippen molar-refractivity contribution in [3.8, 4) is 0 Å². The Balaban J connectivity index is 2.15. The molecule has 22 heavy (non-hydrogen) atoms. The topological polar surface area (TPSA) is 46.9 Å². The predicted molar refractivity (Wildman–Crippen MR) is 104 cm³/mol. The fraction of sp³-hybridized carbons (Fsp3) is 1.00. The number of hydroxylamine groups is 4. The van der Waals surface area contributed by atoms with Gasteiger partial charge < -0.3 is 10.4 Å². The van der Waals surface area contributed by atoms with Gasteiger partial charge in [0.05, 0.1) is 23.5 Å². The standard InChI is InChI=1S/C14H30N2O2S4/c17-15-11-19-7-3-1-4-8-20-12-16(18)14-22-10-6-2-5-9-21-13-15/h17-18H,1-14H2. The third kappa shape index (κ3) is 13.7. The fourth-order valence-corrected chi connectivity index (χ4v) is 5.51. The SMILES string of the molecule is ON1CSCCCCCSCN(O)CSCCCCCSC1. The monoisotopic (exact) mass is 386 g/mol. The minimum atomic E-state index is 0.720. The highest BCUT2D eigenvalue weighted by atomic mass is 32.2. The zero-order valence-electron chi connectivity index (χ0n) is 13.3. The summed E-state index contributed by atoms with van der Waals surface area (Å²) in [5, 5.41) is 22.4. The Morgan fingerprint density at radius 3 is 1.00 bits per heavy atom. The van der Waals surface area contributed by atoms with E-state index in [0.29, 0.717) is 0 Å². The Morgan fingerprint density at radius 1 is 0.455 bits per heavy atom. The molecule has 0 atom stereocenters. The Kier molecular flexibility index (Phi) is 15.2. The highest BCUT2D eigenvalue weighted by Crippen LogP contribution is 2.15. The average Bonchev–Trinajstić information content (AvgIpc) is 2.50. The van der Waals surface area contributed by atoms with E-state index in [1.807, 2.05) is 47.0 Å². The molecule has 1 saturated heterocycles. The number of hydrogen-bond acceptors (Lipinski definition) is 8. The van der Waals surface area contributed by atoms with E-state index in [-0.39, 0.29) is 0 Å². The molecule has 1 aliphatic rings. The molecule has 1 aliphatic heterocycles. The fourth-order valence-electron chi connectivity index (χ4n) is 1.92. The van der Waals surface area contributed by atoms with Crippen LogP contribution in [0.5, 0.6) is 0 Å². The second-order valence-electron chi connectivity index (χ2n) is 5.28. The summed E-state index contributed by atoms with van der Waals surface area (Å²) in [7, 11) is 0. The summed E-state index contributed by atoms with van der Waals surface area (Å²) in [5.41, 5.74) is 0. The van der Waals surface area contributed by atoms with Gasteiger partial charge in [-0.3, -0.25) is 0 Å². The van der Waals surface area contributed by atoms with Crippen molar-refractivity contribution in [3.63, 3.8) is 0 Å². The van der Waals surface area contributed by atoms with Crippen molar-refractivity contribution in [2.24, 2.45) is 0 Å². The van der Waals surface area contributed by atoms with Gasteiger partial charge >= 0.3 is 0 Å². The molecule has 132 valence electrons. The van der Waals surface area contributed by atoms with Crippen LogP contribution in [0.2, 0.25) is 0 Å². The van der Waals surface area contributed by atoms with Gasteiger partial charge in [0.2, 0.25) is 0 Å². The Labute approximate surface area is 152 Å². The first-order valence-electron chi connectivity index (χ1n) is 7.97. The number of rotatable bonds is 0. The third-order valence-electron chi connectivity index (χ3n) is 3.12. The summed E-state index contributed by atoms with van der Waals surface area (Å²) in [6.45, 7) is 0. The van der Waals surface area contributed by atoms with Crippen molar-refractivity contribution in [1.29, 1.82) is 0 Å². The maximum absolute atomic E-state index is 9.75. The van der Waals surface area contributed by atoms with Crippen LogP contribution in [0, 0.1) is 0 Å². The van der Waals surface area contributed by atoms with E-state index in [1.54, 1.807) is 0 Å². The Morgan fingerprint density at radius 2 is 0.727 bits per heavy atom. The molecule has 4 nitrogen and oxygen atoms in total. The second-order valence-corrected chi connectivity index (χ2v) is 9.58. The molecule has 0 radical (unpaired) electrons. The highest BCUT2D eigenvalue weighted by Gasteiger charge is 2.03. The van der Waals surface area contributed by atoms with Gasteiger partial charge in [-0.05, 0) is 48.7 Å². The van der Waals surface area contributed by atoms with Gasteiger partial charge in [-0.25, -0.2) is 0 Å². The second kappa shape index (κ2) is 15.7. The molecule has 8 heteroatoms. The van der Waals surface area contributed by atoms with Crippen molar-refractivity contribution < 1.29 is 10.4 Å². The molecule has 1 heterocycles. The minimum Gasteiger partial charge on any atom is -0.312 e. The maximum atomic E-state index is 9.75. The van der Waals surface area contributed by atoms with E-state index in [2.05, 4.69) is 0 Å². The van der Waals surface area contributed by atoms with Crippen LogP contribution in [0.15, 0.2) is 0 Å². The van der Waals surface area contributed by atoms with E-state index in [4.69, 9.17) is 0 Å². The van der Waals surface area contributed by atoms with E-state index in [0.717, 1.165) is 46.5 Å². The first kappa shape index (κ1) is 21.3. The largest absolute Gasteiger partial charge is 0.312 e. The third-order valence-corrected chi connectivity index (χ3v) is 7.35. The van der Waals surface area contributed by atoms with E-state index >= 15 is 0 Å². The van der Waals surface area contributed by atoms with Gasteiger partial charge in [-0.2, -0.15) is 10.1 Å². The van der Waals surface area contributed by atoms with Crippen LogP contribution in [-0.2, 0) is 0 Å². The molecule has 0 unspecified atom stereocenters. The molecule has 0 aromatic heterocycles. The highest BCUT2D eigenvalue weighted by molar-refractivity contribution is 8.00. The molecule has 0 aromatic carbocycles. The normalized spacial score (nSPS) is 24.8. The molecule has 2 N–H and O–H groups in total. The summed E-state index contributed by atoms with van der Waals surface area (Å²) in [4.78, 5) is 0. The Bertz CT molecular complexity index is 209. The van der Waals surface area contributed by atoms with E-state index < -0.39 is 0 Å². The lowest BCUT2D eigenvalue weighted by atomic mass is 10.3. The first-order chi connectivity index (χ1) is 10.8. The van der Waals surface area contributed by atoms with E-state index in [1.165, 1.54) is 48.7 Å². The minimum absolute atomic E-state index is 0.720. The van der Waals surface area contributed by atoms with Crippen molar-refractivity contribution in [2.75, 3.05) is 46.5 Å². The van der Waals surface area contributed by atoms with Gasteiger partial charge in [0.1, 0.15) is 0 Å². The van der Waals surface area contributed by atoms with Gasteiger partial charge in [-0.1, -0.05) is 12.8 Å².